The van der Waals surface area contributed by atoms with Crippen molar-refractivity contribution in [1.82, 2.24) is 4.98 Å². The number of benzene rings is 1. The van der Waals surface area contributed by atoms with E-state index in [0.717, 1.165) is 21.8 Å². The number of hydrogen-bond acceptors (Lipinski definition) is 5. The lowest BCUT2D eigenvalue weighted by atomic mass is 10.1. The Bertz CT molecular complexity index is 595. The van der Waals surface area contributed by atoms with Gasteiger partial charge in [-0.25, -0.2) is 4.98 Å². The molecule has 0 amide bonds. The Morgan fingerprint density at radius 2 is 2.26 bits per heavy atom. The van der Waals surface area contributed by atoms with E-state index in [1.54, 1.807) is 29.0 Å². The summed E-state index contributed by atoms with van der Waals surface area (Å²) in [6.07, 6.45) is 0.657. The third-order valence-electron chi connectivity index (χ3n) is 2.96. The summed E-state index contributed by atoms with van der Waals surface area (Å²) in [4.78, 5) is 16.0. The average Bonchev–Trinajstić information content (AvgIpc) is 2.81. The van der Waals surface area contributed by atoms with Gasteiger partial charge in [0.05, 0.1) is 22.7 Å². The lowest BCUT2D eigenvalue weighted by Gasteiger charge is -2.07. The van der Waals surface area contributed by atoms with Crippen LogP contribution in [0.2, 0.25) is 0 Å². The molecule has 0 unspecified atom stereocenters. The molecule has 0 bridgehead atoms. The first-order chi connectivity index (χ1) is 9.11. The average molecular weight is 277 g/mol. The number of thiazole rings is 1. The highest BCUT2D eigenvalue weighted by Gasteiger charge is 2.13. The number of nitro groups is 1. The zero-order valence-corrected chi connectivity index (χ0v) is 11.7. The van der Waals surface area contributed by atoms with Gasteiger partial charge in [-0.3, -0.25) is 10.1 Å². The number of aromatic nitrogens is 1. The Kier molecular flexibility index (Phi) is 4.11. The zero-order chi connectivity index (χ0) is 13.8. The molecule has 5 nitrogen and oxygen atoms in total. The van der Waals surface area contributed by atoms with Gasteiger partial charge in [0, 0.05) is 22.2 Å². The van der Waals surface area contributed by atoms with E-state index in [1.165, 1.54) is 0 Å². The van der Waals surface area contributed by atoms with Crippen LogP contribution in [0.15, 0.2) is 23.7 Å². The minimum absolute atomic E-state index is 0.175. The van der Waals surface area contributed by atoms with Crippen molar-refractivity contribution in [1.29, 1.82) is 0 Å². The van der Waals surface area contributed by atoms with Crippen LogP contribution in [0, 0.1) is 17.0 Å². The number of nitrogens with one attached hydrogen (secondary N) is 1. The Morgan fingerprint density at radius 1 is 1.47 bits per heavy atom. The lowest BCUT2D eigenvalue weighted by Crippen LogP contribution is -2.01. The molecule has 0 saturated carbocycles. The predicted molar refractivity (Wildman–Crippen MR) is 76.7 cm³/mol. The molecule has 1 aromatic carbocycles. The third-order valence-corrected chi connectivity index (χ3v) is 3.90. The SMILES string of the molecule is CCc1ccc(NCc2scnc2C)cc1[N+](=O)[O-]. The largest absolute Gasteiger partial charge is 0.380 e. The van der Waals surface area contributed by atoms with Gasteiger partial charge in [0.1, 0.15) is 0 Å². The van der Waals surface area contributed by atoms with Crippen molar-refractivity contribution in [3.63, 3.8) is 0 Å². The molecule has 100 valence electrons. The number of hydrogen-bond donors (Lipinski definition) is 1. The van der Waals surface area contributed by atoms with Crippen LogP contribution in [0.4, 0.5) is 11.4 Å². The topological polar surface area (TPSA) is 68.1 Å². The number of nitrogens with zero attached hydrogens (tertiary/aromatic N) is 2. The molecule has 0 spiro atoms. The van der Waals surface area contributed by atoms with E-state index in [0.29, 0.717) is 13.0 Å². The minimum atomic E-state index is -0.331. The first kappa shape index (κ1) is 13.5. The summed E-state index contributed by atoms with van der Waals surface area (Å²) in [6, 6.07) is 5.28. The molecule has 0 radical (unpaired) electrons. The summed E-state index contributed by atoms with van der Waals surface area (Å²) >= 11 is 1.58. The second kappa shape index (κ2) is 5.79. The molecule has 0 fully saturated rings. The maximum atomic E-state index is 11.0. The Labute approximate surface area is 115 Å². The van der Waals surface area contributed by atoms with E-state index in [-0.39, 0.29) is 10.6 Å². The van der Waals surface area contributed by atoms with Crippen LogP contribution >= 0.6 is 11.3 Å². The molecule has 2 aromatic rings. The molecule has 1 heterocycles. The van der Waals surface area contributed by atoms with Crippen LogP contribution in [0.5, 0.6) is 0 Å². The van der Waals surface area contributed by atoms with Gasteiger partial charge in [0.2, 0.25) is 0 Å². The molecule has 1 aromatic heterocycles. The van der Waals surface area contributed by atoms with E-state index in [2.05, 4.69) is 10.3 Å². The summed E-state index contributed by atoms with van der Waals surface area (Å²) < 4.78 is 0. The Morgan fingerprint density at radius 3 is 2.84 bits per heavy atom. The van der Waals surface area contributed by atoms with Crippen molar-refractivity contribution in [3.05, 3.63) is 50.0 Å². The highest BCUT2D eigenvalue weighted by Crippen LogP contribution is 2.24. The number of rotatable bonds is 5. The molecule has 0 atom stereocenters. The van der Waals surface area contributed by atoms with Gasteiger partial charge in [-0.2, -0.15) is 0 Å². The molecular formula is C13H15N3O2S. The monoisotopic (exact) mass is 277 g/mol. The maximum absolute atomic E-state index is 11.0. The normalized spacial score (nSPS) is 10.4. The van der Waals surface area contributed by atoms with Gasteiger partial charge >= 0.3 is 0 Å². The third kappa shape index (κ3) is 3.08. The molecule has 6 heteroatoms. The molecule has 2 rings (SSSR count). The zero-order valence-electron chi connectivity index (χ0n) is 10.8. The molecular weight excluding hydrogens is 262 g/mol. The van der Waals surface area contributed by atoms with E-state index in [9.17, 15) is 10.1 Å². The predicted octanol–water partition coefficient (Wildman–Crippen LogP) is 3.53. The second-order valence-electron chi connectivity index (χ2n) is 4.17. The summed E-state index contributed by atoms with van der Waals surface area (Å²) in [6.45, 7) is 4.51. The fourth-order valence-corrected chi connectivity index (χ4v) is 2.54. The van der Waals surface area contributed by atoms with Crippen molar-refractivity contribution in [2.24, 2.45) is 0 Å². The van der Waals surface area contributed by atoms with Crippen molar-refractivity contribution in [2.45, 2.75) is 26.8 Å². The first-order valence-electron chi connectivity index (χ1n) is 6.02. The molecule has 1 N–H and O–H groups in total. The van der Waals surface area contributed by atoms with E-state index < -0.39 is 0 Å². The van der Waals surface area contributed by atoms with Gasteiger partial charge in [-0.1, -0.05) is 13.0 Å². The molecule has 0 aliphatic rings. The number of nitro benzene ring substituents is 1. The lowest BCUT2D eigenvalue weighted by molar-refractivity contribution is -0.385. The van der Waals surface area contributed by atoms with Gasteiger partial charge in [0.15, 0.2) is 0 Å². The van der Waals surface area contributed by atoms with Crippen LogP contribution in [-0.2, 0) is 13.0 Å². The van der Waals surface area contributed by atoms with Crippen molar-refractivity contribution in [3.8, 4) is 0 Å². The van der Waals surface area contributed by atoms with Gasteiger partial charge in [-0.05, 0) is 19.4 Å². The highest BCUT2D eigenvalue weighted by molar-refractivity contribution is 7.09. The number of anilines is 1. The van der Waals surface area contributed by atoms with Gasteiger partial charge < -0.3 is 5.32 Å². The fraction of sp³-hybridized carbons (Fsp3) is 0.308. The number of aryl methyl sites for hydroxylation is 2. The van der Waals surface area contributed by atoms with Crippen LogP contribution in [0.3, 0.4) is 0 Å². The first-order valence-corrected chi connectivity index (χ1v) is 6.90. The molecule has 19 heavy (non-hydrogen) atoms. The maximum Gasteiger partial charge on any atom is 0.274 e. The Balaban J connectivity index is 2.15. The summed E-state index contributed by atoms with van der Waals surface area (Å²) in [5, 5.41) is 14.2. The smallest absolute Gasteiger partial charge is 0.274 e. The van der Waals surface area contributed by atoms with Crippen molar-refractivity contribution >= 4 is 22.7 Å². The molecule has 0 aliphatic heterocycles. The van der Waals surface area contributed by atoms with Crippen molar-refractivity contribution in [2.75, 3.05) is 5.32 Å². The highest BCUT2D eigenvalue weighted by atomic mass is 32.1. The van der Waals surface area contributed by atoms with Gasteiger partial charge in [0.25, 0.3) is 5.69 Å². The summed E-state index contributed by atoms with van der Waals surface area (Å²) in [7, 11) is 0. The van der Waals surface area contributed by atoms with Gasteiger partial charge in [-0.15, -0.1) is 11.3 Å². The summed E-state index contributed by atoms with van der Waals surface area (Å²) in [5.74, 6) is 0. The van der Waals surface area contributed by atoms with E-state index in [1.807, 2.05) is 19.9 Å². The van der Waals surface area contributed by atoms with Crippen molar-refractivity contribution < 1.29 is 4.92 Å². The molecule has 0 aliphatic carbocycles. The summed E-state index contributed by atoms with van der Waals surface area (Å²) in [5.41, 5.74) is 4.49. The molecule has 0 saturated heterocycles. The van der Waals surface area contributed by atoms with E-state index >= 15 is 0 Å². The van der Waals surface area contributed by atoms with E-state index in [4.69, 9.17) is 0 Å². The van der Waals surface area contributed by atoms with Crippen LogP contribution in [-0.4, -0.2) is 9.91 Å². The van der Waals surface area contributed by atoms with Crippen LogP contribution in [0.25, 0.3) is 0 Å². The standard InChI is InChI=1S/C13H15N3O2S/c1-3-10-4-5-11(6-12(10)16(17)18)14-7-13-9(2)15-8-19-13/h4-6,8,14H,3,7H2,1-2H3. The quantitative estimate of drug-likeness (QED) is 0.670. The van der Waals surface area contributed by atoms with Crippen LogP contribution in [0.1, 0.15) is 23.1 Å². The van der Waals surface area contributed by atoms with Crippen LogP contribution < -0.4 is 5.32 Å². The second-order valence-corrected chi connectivity index (χ2v) is 5.11. The minimum Gasteiger partial charge on any atom is -0.380 e. The fourth-order valence-electron chi connectivity index (χ4n) is 1.82. The Hall–Kier alpha value is -1.95.